The fourth-order valence-electron chi connectivity index (χ4n) is 1.65. The zero-order valence-corrected chi connectivity index (χ0v) is 11.9. The first-order chi connectivity index (χ1) is 9.56. The van der Waals surface area contributed by atoms with Crippen LogP contribution in [0, 0.1) is 5.82 Å². The summed E-state index contributed by atoms with van der Waals surface area (Å²) < 4.78 is 18.7. The molecule has 2 nitrogen and oxygen atoms in total. The topological polar surface area (TPSA) is 26.3 Å². The summed E-state index contributed by atoms with van der Waals surface area (Å²) >= 11 is 11.7. The summed E-state index contributed by atoms with van der Waals surface area (Å²) in [6.07, 6.45) is -0.0230. The van der Waals surface area contributed by atoms with Gasteiger partial charge in [-0.15, -0.1) is 0 Å². The molecule has 0 fully saturated rings. The maximum absolute atomic E-state index is 13.4. The van der Waals surface area contributed by atoms with Gasteiger partial charge in [0, 0.05) is 17.5 Å². The quantitative estimate of drug-likeness (QED) is 0.821. The highest BCUT2D eigenvalue weighted by atomic mass is 35.5. The van der Waals surface area contributed by atoms with Crippen LogP contribution in [-0.2, 0) is 11.2 Å². The van der Waals surface area contributed by atoms with Crippen molar-refractivity contribution in [1.82, 2.24) is 0 Å². The zero-order valence-electron chi connectivity index (χ0n) is 10.4. The average molecular weight is 313 g/mol. The molecule has 0 saturated heterocycles. The van der Waals surface area contributed by atoms with Crippen molar-refractivity contribution in [2.24, 2.45) is 0 Å². The van der Waals surface area contributed by atoms with Crippen LogP contribution in [0.5, 0.6) is 5.75 Å². The van der Waals surface area contributed by atoms with E-state index in [2.05, 4.69) is 0 Å². The lowest BCUT2D eigenvalue weighted by Crippen LogP contribution is -2.14. The Hall–Kier alpha value is -1.58. The number of ketones is 1. The number of benzene rings is 2. The molecule has 2 rings (SSSR count). The highest BCUT2D eigenvalue weighted by molar-refractivity contribution is 6.34. The molecular weight excluding hydrogens is 302 g/mol. The fourth-order valence-corrected chi connectivity index (χ4v) is 1.99. The van der Waals surface area contributed by atoms with Crippen LogP contribution in [0.1, 0.15) is 5.56 Å². The van der Waals surface area contributed by atoms with Crippen molar-refractivity contribution in [3.05, 3.63) is 63.9 Å². The average Bonchev–Trinajstić information content (AvgIpc) is 2.42. The van der Waals surface area contributed by atoms with Crippen molar-refractivity contribution < 1.29 is 13.9 Å². The molecule has 5 heteroatoms. The molecule has 0 unspecified atom stereocenters. The first-order valence-corrected chi connectivity index (χ1v) is 6.65. The standard InChI is InChI=1S/C15H11Cl2FO2/c16-11-5-6-13(17)15(8-11)20-9-12(19)7-10-3-1-2-4-14(10)18/h1-6,8H,7,9H2. The first-order valence-electron chi connectivity index (χ1n) is 5.89. The molecule has 104 valence electrons. The van der Waals surface area contributed by atoms with E-state index in [1.165, 1.54) is 12.1 Å². The minimum Gasteiger partial charge on any atom is -0.484 e. The zero-order chi connectivity index (χ0) is 14.5. The highest BCUT2D eigenvalue weighted by Gasteiger charge is 2.10. The normalized spacial score (nSPS) is 10.3. The van der Waals surface area contributed by atoms with Crippen molar-refractivity contribution in [2.45, 2.75) is 6.42 Å². The molecule has 0 atom stereocenters. The number of Topliss-reactive ketones (excluding diaryl/α,β-unsaturated/α-hetero) is 1. The van der Waals surface area contributed by atoms with Gasteiger partial charge in [-0.2, -0.15) is 0 Å². The molecule has 2 aromatic carbocycles. The van der Waals surface area contributed by atoms with Gasteiger partial charge in [0.05, 0.1) is 5.02 Å². The lowest BCUT2D eigenvalue weighted by atomic mass is 10.1. The minimum absolute atomic E-state index is 0.0230. The number of carbonyl (C=O) groups excluding carboxylic acids is 1. The lowest BCUT2D eigenvalue weighted by Gasteiger charge is -2.08. The van der Waals surface area contributed by atoms with E-state index >= 15 is 0 Å². The molecule has 0 aliphatic heterocycles. The summed E-state index contributed by atoms with van der Waals surface area (Å²) in [5, 5.41) is 0.832. The Morgan fingerprint density at radius 2 is 1.90 bits per heavy atom. The summed E-state index contributed by atoms with van der Waals surface area (Å²) in [5.74, 6) is -0.311. The highest BCUT2D eigenvalue weighted by Crippen LogP contribution is 2.27. The maximum atomic E-state index is 13.4. The van der Waals surface area contributed by atoms with Crippen LogP contribution in [-0.4, -0.2) is 12.4 Å². The molecule has 20 heavy (non-hydrogen) atoms. The van der Waals surface area contributed by atoms with Crippen molar-refractivity contribution in [2.75, 3.05) is 6.61 Å². The minimum atomic E-state index is -0.401. The van der Waals surface area contributed by atoms with E-state index in [1.54, 1.807) is 30.3 Å². The summed E-state index contributed by atoms with van der Waals surface area (Å²) in [4.78, 5) is 11.8. The van der Waals surface area contributed by atoms with Crippen molar-refractivity contribution in [3.63, 3.8) is 0 Å². The third kappa shape index (κ3) is 3.95. The van der Waals surface area contributed by atoms with Gasteiger partial charge >= 0.3 is 0 Å². The van der Waals surface area contributed by atoms with E-state index in [4.69, 9.17) is 27.9 Å². The second-order valence-corrected chi connectivity index (χ2v) is 5.01. The summed E-state index contributed by atoms with van der Waals surface area (Å²) in [5.41, 5.74) is 0.346. The first kappa shape index (κ1) is 14.8. The van der Waals surface area contributed by atoms with Crippen LogP contribution >= 0.6 is 23.2 Å². The largest absolute Gasteiger partial charge is 0.484 e. The van der Waals surface area contributed by atoms with Gasteiger partial charge in [-0.25, -0.2) is 4.39 Å². The Balaban J connectivity index is 1.96. The summed E-state index contributed by atoms with van der Waals surface area (Å²) in [7, 11) is 0. The molecule has 0 amide bonds. The number of rotatable bonds is 5. The summed E-state index contributed by atoms with van der Waals surface area (Å²) in [6, 6.07) is 10.9. The molecule has 0 spiro atoms. The summed E-state index contributed by atoms with van der Waals surface area (Å²) in [6.45, 7) is -0.186. The molecule has 0 radical (unpaired) electrons. The second-order valence-electron chi connectivity index (χ2n) is 4.17. The maximum Gasteiger partial charge on any atom is 0.174 e. The van der Waals surface area contributed by atoms with Crippen molar-refractivity contribution in [1.29, 1.82) is 0 Å². The SMILES string of the molecule is O=C(COc1cc(Cl)ccc1Cl)Cc1ccccc1F. The number of hydrogen-bond acceptors (Lipinski definition) is 2. The predicted octanol–water partition coefficient (Wildman–Crippen LogP) is 4.32. The molecular formula is C15H11Cl2FO2. The van der Waals surface area contributed by atoms with Gasteiger partial charge in [0.15, 0.2) is 5.78 Å². The van der Waals surface area contributed by atoms with E-state index in [-0.39, 0.29) is 18.8 Å². The Morgan fingerprint density at radius 3 is 2.65 bits per heavy atom. The fraction of sp³-hybridized carbons (Fsp3) is 0.133. The van der Waals surface area contributed by atoms with E-state index in [9.17, 15) is 9.18 Å². The van der Waals surface area contributed by atoms with E-state index in [1.807, 2.05) is 0 Å². The number of hydrogen-bond donors (Lipinski definition) is 0. The van der Waals surface area contributed by atoms with Crippen LogP contribution in [0.15, 0.2) is 42.5 Å². The Morgan fingerprint density at radius 1 is 1.15 bits per heavy atom. The molecule has 0 aromatic heterocycles. The molecule has 0 N–H and O–H groups in total. The number of carbonyl (C=O) groups is 1. The Kier molecular flexibility index (Phi) is 4.99. The van der Waals surface area contributed by atoms with E-state index < -0.39 is 5.82 Å². The molecule has 0 aliphatic carbocycles. The smallest absolute Gasteiger partial charge is 0.174 e. The Bertz CT molecular complexity index is 629. The molecule has 2 aromatic rings. The monoisotopic (exact) mass is 312 g/mol. The molecule has 0 heterocycles. The third-order valence-corrected chi connectivity index (χ3v) is 3.17. The van der Waals surface area contributed by atoms with Crippen LogP contribution in [0.4, 0.5) is 4.39 Å². The molecule has 0 saturated carbocycles. The van der Waals surface area contributed by atoms with E-state index in [0.29, 0.717) is 21.4 Å². The van der Waals surface area contributed by atoms with Gasteiger partial charge < -0.3 is 4.74 Å². The van der Waals surface area contributed by atoms with Gasteiger partial charge in [0.1, 0.15) is 18.2 Å². The van der Waals surface area contributed by atoms with Gasteiger partial charge in [-0.1, -0.05) is 41.4 Å². The van der Waals surface area contributed by atoms with Gasteiger partial charge in [-0.3, -0.25) is 4.79 Å². The van der Waals surface area contributed by atoms with Gasteiger partial charge in [0.25, 0.3) is 0 Å². The van der Waals surface area contributed by atoms with Crippen LogP contribution in [0.2, 0.25) is 10.0 Å². The van der Waals surface area contributed by atoms with Gasteiger partial charge in [-0.05, 0) is 23.8 Å². The van der Waals surface area contributed by atoms with Crippen molar-refractivity contribution in [3.8, 4) is 5.75 Å². The second kappa shape index (κ2) is 6.73. The Labute approximate surface area is 126 Å². The molecule has 0 aliphatic rings. The third-order valence-electron chi connectivity index (χ3n) is 2.63. The van der Waals surface area contributed by atoms with Gasteiger partial charge in [0.2, 0.25) is 0 Å². The predicted molar refractivity (Wildman–Crippen MR) is 77.1 cm³/mol. The van der Waals surface area contributed by atoms with Crippen LogP contribution in [0.3, 0.4) is 0 Å². The molecule has 0 bridgehead atoms. The number of ether oxygens (including phenoxy) is 1. The van der Waals surface area contributed by atoms with Crippen molar-refractivity contribution >= 4 is 29.0 Å². The van der Waals surface area contributed by atoms with Crippen LogP contribution < -0.4 is 4.74 Å². The van der Waals surface area contributed by atoms with E-state index in [0.717, 1.165) is 0 Å². The lowest BCUT2D eigenvalue weighted by molar-refractivity contribution is -0.120. The van der Waals surface area contributed by atoms with Crippen LogP contribution in [0.25, 0.3) is 0 Å². The number of halogens is 3.